The van der Waals surface area contributed by atoms with Crippen molar-refractivity contribution in [3.8, 4) is 0 Å². The number of hydrogen-bond donors (Lipinski definition) is 0. The van der Waals surface area contributed by atoms with Gasteiger partial charge in [-0.15, -0.1) is 0 Å². The molecule has 0 aromatic carbocycles. The molecule has 1 heterocycles. The maximum absolute atomic E-state index is 13.0. The summed E-state index contributed by atoms with van der Waals surface area (Å²) in [6, 6.07) is 0. The molecule has 0 radical (unpaired) electrons. The Hall–Kier alpha value is -1.26. The molecule has 0 aliphatic carbocycles. The summed E-state index contributed by atoms with van der Waals surface area (Å²) in [6.07, 6.45) is -1.99. The van der Waals surface area contributed by atoms with Crippen molar-refractivity contribution in [3.63, 3.8) is 0 Å². The Morgan fingerprint density at radius 1 is 1.43 bits per heavy atom. The van der Waals surface area contributed by atoms with Crippen molar-refractivity contribution >= 4 is 0 Å². The average Bonchev–Trinajstić information content (AvgIpc) is 1.96. The van der Waals surface area contributed by atoms with Gasteiger partial charge in [0.2, 0.25) is 0 Å². The van der Waals surface area contributed by atoms with Crippen molar-refractivity contribution in [2.75, 3.05) is 6.54 Å². The molecule has 0 saturated heterocycles. The van der Waals surface area contributed by atoms with E-state index in [1.165, 1.54) is 13.1 Å². The first-order valence-electron chi connectivity index (χ1n) is 3.88. The van der Waals surface area contributed by atoms with Crippen LogP contribution in [0.2, 0.25) is 0 Å². The van der Waals surface area contributed by atoms with Crippen molar-refractivity contribution < 1.29 is 17.6 Å². The minimum Gasteiger partial charge on any atom is -0.337 e. The highest BCUT2D eigenvalue weighted by molar-refractivity contribution is 5.35. The summed E-state index contributed by atoms with van der Waals surface area (Å²) in [7, 11) is 0. The number of halogens is 4. The summed E-state index contributed by atoms with van der Waals surface area (Å²) in [4.78, 5) is 0.755. The zero-order chi connectivity index (χ0) is 10.9. The van der Waals surface area contributed by atoms with Gasteiger partial charge in [0.1, 0.15) is 12.4 Å². The van der Waals surface area contributed by atoms with Crippen molar-refractivity contribution in [3.05, 3.63) is 36.0 Å². The monoisotopic (exact) mass is 207 g/mol. The van der Waals surface area contributed by atoms with E-state index >= 15 is 0 Å². The molecule has 78 valence electrons. The summed E-state index contributed by atoms with van der Waals surface area (Å²) in [5, 5.41) is 0. The van der Waals surface area contributed by atoms with Crippen LogP contribution in [0.25, 0.3) is 0 Å². The van der Waals surface area contributed by atoms with Crippen LogP contribution < -0.4 is 0 Å². The highest BCUT2D eigenvalue weighted by Gasteiger charge is 2.32. The van der Waals surface area contributed by atoms with Gasteiger partial charge in [-0.3, -0.25) is 0 Å². The smallest absolute Gasteiger partial charge is 0.337 e. The van der Waals surface area contributed by atoms with Gasteiger partial charge < -0.3 is 4.90 Å². The normalized spacial score (nSPS) is 18.1. The van der Waals surface area contributed by atoms with Crippen LogP contribution in [0.4, 0.5) is 17.6 Å². The first kappa shape index (κ1) is 10.8. The molecule has 0 atom stereocenters. The number of rotatable bonds is 1. The minimum atomic E-state index is -4.36. The highest BCUT2D eigenvalue weighted by atomic mass is 19.4. The van der Waals surface area contributed by atoms with E-state index in [-0.39, 0.29) is 5.70 Å². The van der Waals surface area contributed by atoms with Gasteiger partial charge >= 0.3 is 6.18 Å². The van der Waals surface area contributed by atoms with Crippen LogP contribution in [0.5, 0.6) is 0 Å². The van der Waals surface area contributed by atoms with Gasteiger partial charge in [0.15, 0.2) is 0 Å². The molecule has 14 heavy (non-hydrogen) atoms. The van der Waals surface area contributed by atoms with Crippen molar-refractivity contribution in [2.45, 2.75) is 13.1 Å². The quantitative estimate of drug-likeness (QED) is 0.597. The number of allylic oxidation sites excluding steroid dienone is 3. The van der Waals surface area contributed by atoms with E-state index in [1.54, 1.807) is 0 Å². The molecule has 1 aliphatic rings. The molecule has 0 spiro atoms. The van der Waals surface area contributed by atoms with E-state index in [2.05, 4.69) is 6.58 Å². The Kier molecular flexibility index (Phi) is 2.69. The number of alkyl halides is 3. The van der Waals surface area contributed by atoms with E-state index in [0.717, 1.165) is 11.0 Å². The molecule has 0 unspecified atom stereocenters. The van der Waals surface area contributed by atoms with Gasteiger partial charge in [-0.25, -0.2) is 4.39 Å². The Labute approximate surface area is 79.0 Å². The maximum atomic E-state index is 13.0. The summed E-state index contributed by atoms with van der Waals surface area (Å²) in [5.74, 6) is -0.728. The van der Waals surface area contributed by atoms with Gasteiger partial charge in [0.05, 0.1) is 5.70 Å². The summed E-state index contributed by atoms with van der Waals surface area (Å²) in [5.41, 5.74) is 0.173. The number of hydrogen-bond acceptors (Lipinski definition) is 1. The molecule has 0 aromatic rings. The van der Waals surface area contributed by atoms with Crippen molar-refractivity contribution in [1.82, 2.24) is 4.90 Å². The Morgan fingerprint density at radius 2 is 2.00 bits per heavy atom. The van der Waals surface area contributed by atoms with Crippen LogP contribution >= 0.6 is 0 Å². The summed E-state index contributed by atoms with van der Waals surface area (Å²) in [6.45, 7) is 3.54. The van der Waals surface area contributed by atoms with E-state index < -0.39 is 18.5 Å². The summed E-state index contributed by atoms with van der Waals surface area (Å²) < 4.78 is 49.0. The predicted molar refractivity (Wildman–Crippen MR) is 44.8 cm³/mol. The van der Waals surface area contributed by atoms with Crippen LogP contribution in [0.15, 0.2) is 36.0 Å². The zero-order valence-corrected chi connectivity index (χ0v) is 7.53. The lowest BCUT2D eigenvalue weighted by atomic mass is 10.2. The first-order valence-corrected chi connectivity index (χ1v) is 3.88. The number of nitrogens with zero attached hydrogens (tertiary/aromatic N) is 1. The largest absolute Gasteiger partial charge is 0.406 e. The molecule has 1 rings (SSSR count). The molecule has 0 bridgehead atoms. The molecular weight excluding hydrogens is 198 g/mol. The van der Waals surface area contributed by atoms with Gasteiger partial charge in [-0.1, -0.05) is 6.58 Å². The first-order chi connectivity index (χ1) is 6.29. The molecule has 0 N–H and O–H groups in total. The van der Waals surface area contributed by atoms with Crippen molar-refractivity contribution in [2.24, 2.45) is 0 Å². The lowest BCUT2D eigenvalue weighted by molar-refractivity contribution is -0.137. The average molecular weight is 207 g/mol. The molecule has 1 aliphatic heterocycles. The third kappa shape index (κ3) is 2.61. The molecule has 0 aromatic heterocycles. The van der Waals surface area contributed by atoms with E-state index in [1.807, 2.05) is 0 Å². The van der Waals surface area contributed by atoms with Crippen molar-refractivity contribution in [1.29, 1.82) is 0 Å². The standard InChI is InChI=1S/C9H9F4N/c1-6-3-8(10)7(2)14(4-6)5-9(11,12)13/h3-4H,2,5H2,1H3. The Bertz CT molecular complexity index is 311. The molecule has 0 saturated carbocycles. The fourth-order valence-electron chi connectivity index (χ4n) is 1.12. The van der Waals surface area contributed by atoms with Crippen LogP contribution in [0.3, 0.4) is 0 Å². The second-order valence-electron chi connectivity index (χ2n) is 3.06. The SMILES string of the molecule is C=C1C(F)=CC(C)=CN1CC(F)(F)F. The van der Waals surface area contributed by atoms with Gasteiger partial charge in [-0.05, 0) is 18.6 Å². The van der Waals surface area contributed by atoms with Gasteiger partial charge in [-0.2, -0.15) is 13.2 Å². The van der Waals surface area contributed by atoms with Gasteiger partial charge in [0, 0.05) is 6.20 Å². The second-order valence-corrected chi connectivity index (χ2v) is 3.06. The zero-order valence-electron chi connectivity index (χ0n) is 7.53. The van der Waals surface area contributed by atoms with E-state index in [9.17, 15) is 17.6 Å². The van der Waals surface area contributed by atoms with Crippen LogP contribution in [0, 0.1) is 0 Å². The molecule has 0 amide bonds. The Balaban J connectivity index is 2.82. The minimum absolute atomic E-state index is 0.257. The lowest BCUT2D eigenvalue weighted by Gasteiger charge is -2.26. The van der Waals surface area contributed by atoms with Crippen LogP contribution in [-0.4, -0.2) is 17.6 Å². The second kappa shape index (κ2) is 3.48. The molecular formula is C9H9F4N. The third-order valence-electron chi connectivity index (χ3n) is 1.69. The lowest BCUT2D eigenvalue weighted by Crippen LogP contribution is -2.31. The van der Waals surface area contributed by atoms with Gasteiger partial charge in [0.25, 0.3) is 0 Å². The Morgan fingerprint density at radius 3 is 2.50 bits per heavy atom. The van der Waals surface area contributed by atoms with E-state index in [4.69, 9.17) is 0 Å². The van der Waals surface area contributed by atoms with E-state index in [0.29, 0.717) is 5.57 Å². The fourth-order valence-corrected chi connectivity index (χ4v) is 1.12. The maximum Gasteiger partial charge on any atom is 0.406 e. The molecule has 0 fully saturated rings. The molecule has 5 heteroatoms. The molecule has 1 nitrogen and oxygen atoms in total. The summed E-state index contributed by atoms with van der Waals surface area (Å²) >= 11 is 0. The van der Waals surface area contributed by atoms with Crippen LogP contribution in [-0.2, 0) is 0 Å². The van der Waals surface area contributed by atoms with Crippen LogP contribution in [0.1, 0.15) is 6.92 Å². The highest BCUT2D eigenvalue weighted by Crippen LogP contribution is 2.27. The fraction of sp³-hybridized carbons (Fsp3) is 0.333. The predicted octanol–water partition coefficient (Wildman–Crippen LogP) is 3.14. The third-order valence-corrected chi connectivity index (χ3v) is 1.69. The topological polar surface area (TPSA) is 3.24 Å².